The zero-order valence-electron chi connectivity index (χ0n) is 34.5. The summed E-state index contributed by atoms with van der Waals surface area (Å²) in [5.74, 6) is 0. The highest BCUT2D eigenvalue weighted by Gasteiger charge is 2.37. The molecule has 0 atom stereocenters. The van der Waals surface area contributed by atoms with E-state index in [0.717, 1.165) is 0 Å². The Morgan fingerprint density at radius 2 is 0.733 bits per heavy atom. The van der Waals surface area contributed by atoms with E-state index in [0.29, 0.717) is 0 Å². The van der Waals surface area contributed by atoms with E-state index >= 15 is 0 Å². The summed E-state index contributed by atoms with van der Waals surface area (Å²) in [4.78, 5) is 0. The largest absolute Gasteiger partial charge is 0.0619 e. The molecular weight excluding hydrogens is 721 g/mol. The lowest BCUT2D eigenvalue weighted by atomic mass is 9.80. The van der Waals surface area contributed by atoms with Crippen LogP contribution < -0.4 is 0 Å². The van der Waals surface area contributed by atoms with Gasteiger partial charge in [-0.1, -0.05) is 204 Å². The molecule has 0 radical (unpaired) electrons. The van der Waals surface area contributed by atoms with Gasteiger partial charge in [0, 0.05) is 10.8 Å². The minimum Gasteiger partial charge on any atom is -0.0619 e. The maximum absolute atomic E-state index is 2.48. The lowest BCUT2D eigenvalue weighted by molar-refractivity contribution is 0.660. The summed E-state index contributed by atoms with van der Waals surface area (Å²) in [6.07, 6.45) is 0. The average Bonchev–Trinajstić information content (AvgIpc) is 3.66. The third-order valence-corrected chi connectivity index (χ3v) is 14.1. The molecule has 0 bridgehead atoms. The first-order chi connectivity index (χ1) is 29.3. The standard InChI is InChI=1S/C60H44/c1-59(2)54-27-14-12-21-45(54)51-35-40(30-33-55(51)59)57-48-23-9-10-24-49(48)58(50-32-29-38(34-52(50)57)42-25-15-17-37-16-5-6-18-41(37)42)47-22-8-7-19-43(47)39-28-31-46-44-20-11-13-26-53(44)60(3,4)56(46)36-39/h5-36H,1-4H3. The van der Waals surface area contributed by atoms with E-state index in [1.165, 1.54) is 121 Å². The highest BCUT2D eigenvalue weighted by atomic mass is 14.4. The van der Waals surface area contributed by atoms with Gasteiger partial charge in [0.2, 0.25) is 0 Å². The summed E-state index contributed by atoms with van der Waals surface area (Å²) in [6.45, 7) is 9.48. The molecule has 2 aliphatic carbocycles. The molecule has 0 fully saturated rings. The number of hydrogen-bond donors (Lipinski definition) is 0. The Labute approximate surface area is 352 Å². The number of rotatable bonds is 4. The molecule has 284 valence electrons. The Kier molecular flexibility index (Phi) is 7.42. The van der Waals surface area contributed by atoms with Crippen molar-refractivity contribution < 1.29 is 0 Å². The normalized spacial score (nSPS) is 14.3. The Morgan fingerprint density at radius 3 is 1.50 bits per heavy atom. The molecule has 0 saturated carbocycles. The predicted octanol–water partition coefficient (Wildman–Crippen LogP) is 16.4. The molecule has 10 aromatic rings. The molecule has 0 saturated heterocycles. The van der Waals surface area contributed by atoms with Gasteiger partial charge in [-0.05, 0) is 140 Å². The highest BCUT2D eigenvalue weighted by molar-refractivity contribution is 6.23. The maximum Gasteiger partial charge on any atom is 0.0159 e. The third kappa shape index (κ3) is 4.91. The monoisotopic (exact) mass is 764 g/mol. The molecule has 0 spiro atoms. The van der Waals surface area contributed by atoms with Crippen molar-refractivity contribution in [3.8, 4) is 66.8 Å². The van der Waals surface area contributed by atoms with E-state index in [2.05, 4.69) is 222 Å². The Hall–Kier alpha value is -7.02. The van der Waals surface area contributed by atoms with Crippen LogP contribution in [0.2, 0.25) is 0 Å². The summed E-state index contributed by atoms with van der Waals surface area (Å²) < 4.78 is 0. The van der Waals surface area contributed by atoms with E-state index in [4.69, 9.17) is 0 Å². The van der Waals surface area contributed by atoms with E-state index in [9.17, 15) is 0 Å². The van der Waals surface area contributed by atoms with Crippen molar-refractivity contribution in [3.63, 3.8) is 0 Å². The van der Waals surface area contributed by atoms with Crippen molar-refractivity contribution in [1.29, 1.82) is 0 Å². The minimum atomic E-state index is -0.0818. The maximum atomic E-state index is 2.48. The fourth-order valence-electron chi connectivity index (χ4n) is 11.1. The van der Waals surface area contributed by atoms with Crippen molar-refractivity contribution in [2.45, 2.75) is 38.5 Å². The van der Waals surface area contributed by atoms with E-state index in [-0.39, 0.29) is 10.8 Å². The second-order valence-electron chi connectivity index (χ2n) is 18.0. The predicted molar refractivity (Wildman–Crippen MR) is 256 cm³/mol. The van der Waals surface area contributed by atoms with Crippen molar-refractivity contribution >= 4 is 32.3 Å². The third-order valence-electron chi connectivity index (χ3n) is 14.1. The van der Waals surface area contributed by atoms with Crippen LogP contribution >= 0.6 is 0 Å². The van der Waals surface area contributed by atoms with Crippen molar-refractivity contribution in [3.05, 3.63) is 216 Å². The first-order valence-electron chi connectivity index (χ1n) is 21.3. The fourth-order valence-corrected chi connectivity index (χ4v) is 11.1. The lowest BCUT2D eigenvalue weighted by Gasteiger charge is -2.23. The molecule has 60 heavy (non-hydrogen) atoms. The molecule has 10 aromatic carbocycles. The van der Waals surface area contributed by atoms with Crippen LogP contribution in [0.25, 0.3) is 99.1 Å². The van der Waals surface area contributed by atoms with Gasteiger partial charge in [-0.25, -0.2) is 0 Å². The summed E-state index contributed by atoms with van der Waals surface area (Å²) in [5, 5.41) is 7.57. The Balaban J connectivity index is 1.15. The van der Waals surface area contributed by atoms with Gasteiger partial charge in [0.1, 0.15) is 0 Å². The van der Waals surface area contributed by atoms with Crippen LogP contribution in [0.3, 0.4) is 0 Å². The SMILES string of the molecule is CC1(C)c2ccccc2-c2cc(-c3c4ccccc4c(-c4ccccc4-c4ccc5c(c4)C(C)(C)c4ccccc4-5)c4ccc(-c5cccc6ccccc56)cc34)ccc21. The van der Waals surface area contributed by atoms with Crippen LogP contribution in [0.4, 0.5) is 0 Å². The van der Waals surface area contributed by atoms with Crippen LogP contribution in [0.5, 0.6) is 0 Å². The first-order valence-corrected chi connectivity index (χ1v) is 21.3. The molecule has 0 nitrogen and oxygen atoms in total. The molecular formula is C60H44. The first kappa shape index (κ1) is 35.0. The molecule has 0 amide bonds. The van der Waals surface area contributed by atoms with Crippen LogP contribution in [-0.2, 0) is 10.8 Å². The van der Waals surface area contributed by atoms with Gasteiger partial charge in [0.25, 0.3) is 0 Å². The Bertz CT molecular complexity index is 3420. The Morgan fingerprint density at radius 1 is 0.250 bits per heavy atom. The quantitative estimate of drug-likeness (QED) is 0.157. The molecule has 0 heterocycles. The summed E-state index contributed by atoms with van der Waals surface area (Å²) in [7, 11) is 0. The van der Waals surface area contributed by atoms with Gasteiger partial charge < -0.3 is 0 Å². The van der Waals surface area contributed by atoms with E-state index in [1.54, 1.807) is 0 Å². The van der Waals surface area contributed by atoms with Crippen LogP contribution in [0.15, 0.2) is 194 Å². The molecule has 2 aliphatic rings. The topological polar surface area (TPSA) is 0 Å². The highest BCUT2D eigenvalue weighted by Crippen LogP contribution is 2.54. The number of benzene rings is 10. The summed E-state index contributed by atoms with van der Waals surface area (Å²) in [5.41, 5.74) is 20.9. The second-order valence-corrected chi connectivity index (χ2v) is 18.0. The molecule has 12 rings (SSSR count). The molecule has 0 unspecified atom stereocenters. The van der Waals surface area contributed by atoms with Gasteiger partial charge >= 0.3 is 0 Å². The molecule has 0 aliphatic heterocycles. The van der Waals surface area contributed by atoms with Crippen LogP contribution in [0, 0.1) is 0 Å². The minimum absolute atomic E-state index is 0.0563. The zero-order valence-corrected chi connectivity index (χ0v) is 34.5. The summed E-state index contributed by atoms with van der Waals surface area (Å²) >= 11 is 0. The van der Waals surface area contributed by atoms with Crippen molar-refractivity contribution in [2.75, 3.05) is 0 Å². The zero-order chi connectivity index (χ0) is 40.3. The van der Waals surface area contributed by atoms with Gasteiger partial charge in [-0.3, -0.25) is 0 Å². The second kappa shape index (κ2) is 12.7. The number of fused-ring (bicyclic) bond motifs is 9. The fraction of sp³-hybridized carbons (Fsp3) is 0.100. The van der Waals surface area contributed by atoms with Crippen LogP contribution in [-0.4, -0.2) is 0 Å². The average molecular weight is 765 g/mol. The smallest absolute Gasteiger partial charge is 0.0159 e. The van der Waals surface area contributed by atoms with E-state index in [1.807, 2.05) is 0 Å². The van der Waals surface area contributed by atoms with Gasteiger partial charge in [0.15, 0.2) is 0 Å². The van der Waals surface area contributed by atoms with Crippen molar-refractivity contribution in [2.24, 2.45) is 0 Å². The van der Waals surface area contributed by atoms with Crippen LogP contribution in [0.1, 0.15) is 49.9 Å². The lowest BCUT2D eigenvalue weighted by Crippen LogP contribution is -2.14. The molecule has 0 aromatic heterocycles. The molecule has 0 heteroatoms. The molecule has 0 N–H and O–H groups in total. The number of hydrogen-bond acceptors (Lipinski definition) is 0. The van der Waals surface area contributed by atoms with Gasteiger partial charge in [-0.2, -0.15) is 0 Å². The van der Waals surface area contributed by atoms with E-state index < -0.39 is 0 Å². The van der Waals surface area contributed by atoms with Crippen molar-refractivity contribution in [1.82, 2.24) is 0 Å². The summed E-state index contributed by atoms with van der Waals surface area (Å²) in [6, 6.07) is 73.2. The van der Waals surface area contributed by atoms with Gasteiger partial charge in [0.05, 0.1) is 0 Å². The van der Waals surface area contributed by atoms with Gasteiger partial charge in [-0.15, -0.1) is 0 Å².